The molecule has 0 unspecified atom stereocenters. The zero-order chi connectivity index (χ0) is 15.2. The first-order valence-corrected chi connectivity index (χ1v) is 7.85. The van der Waals surface area contributed by atoms with Gasteiger partial charge in [-0.05, 0) is 42.5 Å². The number of aliphatic carboxylic acids is 1. The summed E-state index contributed by atoms with van der Waals surface area (Å²) in [6.45, 7) is 2.62. The topological polar surface area (TPSA) is 49.8 Å². The standard InChI is InChI=1S/C16H20BrNO3/c1-18(11-12-6-8-21-9-7-12)15-10-14(17)4-2-13(15)3-5-16(19)20/h2-5,10,12H,6-9,11H2,1H3,(H,19,20). The number of ether oxygens (including phenoxy) is 1. The summed E-state index contributed by atoms with van der Waals surface area (Å²) in [5, 5.41) is 8.80. The van der Waals surface area contributed by atoms with E-state index in [1.165, 1.54) is 6.08 Å². The van der Waals surface area contributed by atoms with Crippen molar-refractivity contribution in [3.05, 3.63) is 34.3 Å². The number of carboxylic acid groups (broad SMARTS) is 1. The minimum atomic E-state index is -0.934. The molecule has 0 amide bonds. The van der Waals surface area contributed by atoms with Crippen LogP contribution < -0.4 is 4.90 Å². The number of carbonyl (C=O) groups is 1. The van der Waals surface area contributed by atoms with E-state index in [0.29, 0.717) is 5.92 Å². The smallest absolute Gasteiger partial charge is 0.328 e. The zero-order valence-electron chi connectivity index (χ0n) is 12.1. The Bertz CT molecular complexity index is 524. The molecule has 1 saturated heterocycles. The minimum Gasteiger partial charge on any atom is -0.478 e. The summed E-state index contributed by atoms with van der Waals surface area (Å²) < 4.78 is 6.38. The van der Waals surface area contributed by atoms with Crippen molar-refractivity contribution in [3.8, 4) is 0 Å². The lowest BCUT2D eigenvalue weighted by atomic mass is 9.99. The molecule has 1 aliphatic heterocycles. The maximum Gasteiger partial charge on any atom is 0.328 e. The average molecular weight is 354 g/mol. The van der Waals surface area contributed by atoms with Gasteiger partial charge in [-0.2, -0.15) is 0 Å². The van der Waals surface area contributed by atoms with Crippen molar-refractivity contribution in [2.45, 2.75) is 12.8 Å². The van der Waals surface area contributed by atoms with Crippen molar-refractivity contribution in [1.82, 2.24) is 0 Å². The van der Waals surface area contributed by atoms with Gasteiger partial charge >= 0.3 is 5.97 Å². The molecule has 21 heavy (non-hydrogen) atoms. The summed E-state index contributed by atoms with van der Waals surface area (Å²) in [7, 11) is 2.05. The molecule has 0 atom stereocenters. The second kappa shape index (κ2) is 7.61. The molecule has 1 fully saturated rings. The van der Waals surface area contributed by atoms with Gasteiger partial charge in [0.1, 0.15) is 0 Å². The number of benzene rings is 1. The van der Waals surface area contributed by atoms with Gasteiger partial charge in [0.25, 0.3) is 0 Å². The molecule has 0 aromatic heterocycles. The molecule has 5 heteroatoms. The first kappa shape index (κ1) is 16.0. The third-order valence-corrected chi connectivity index (χ3v) is 4.18. The summed E-state index contributed by atoms with van der Waals surface area (Å²) >= 11 is 3.48. The van der Waals surface area contributed by atoms with E-state index >= 15 is 0 Å². The van der Waals surface area contributed by atoms with Gasteiger partial charge in [0.15, 0.2) is 0 Å². The van der Waals surface area contributed by atoms with E-state index in [2.05, 4.69) is 27.9 Å². The monoisotopic (exact) mass is 353 g/mol. The summed E-state index contributed by atoms with van der Waals surface area (Å²) in [6.07, 6.45) is 4.98. The van der Waals surface area contributed by atoms with Crippen LogP contribution in [0.2, 0.25) is 0 Å². The van der Waals surface area contributed by atoms with E-state index in [9.17, 15) is 4.79 Å². The van der Waals surface area contributed by atoms with Gasteiger partial charge in [-0.25, -0.2) is 4.79 Å². The van der Waals surface area contributed by atoms with Crippen LogP contribution in [0, 0.1) is 5.92 Å². The Morgan fingerprint density at radius 3 is 2.86 bits per heavy atom. The van der Waals surface area contributed by atoms with Crippen molar-refractivity contribution in [2.24, 2.45) is 5.92 Å². The van der Waals surface area contributed by atoms with E-state index < -0.39 is 5.97 Å². The highest BCUT2D eigenvalue weighted by molar-refractivity contribution is 9.10. The zero-order valence-corrected chi connectivity index (χ0v) is 13.7. The molecule has 2 rings (SSSR count). The molecule has 4 nitrogen and oxygen atoms in total. The molecule has 114 valence electrons. The second-order valence-electron chi connectivity index (χ2n) is 5.31. The van der Waals surface area contributed by atoms with Crippen LogP contribution in [0.4, 0.5) is 5.69 Å². The van der Waals surface area contributed by atoms with Crippen LogP contribution in [0.15, 0.2) is 28.7 Å². The quantitative estimate of drug-likeness (QED) is 0.824. The summed E-state index contributed by atoms with van der Waals surface area (Å²) in [4.78, 5) is 12.9. The average Bonchev–Trinajstić information content (AvgIpc) is 2.46. The van der Waals surface area contributed by atoms with Crippen LogP contribution in [0.1, 0.15) is 18.4 Å². The Hall–Kier alpha value is -1.33. The molecule has 1 aromatic carbocycles. The lowest BCUT2D eigenvalue weighted by Gasteiger charge is -2.29. The first-order chi connectivity index (χ1) is 10.1. The van der Waals surface area contributed by atoms with Gasteiger partial charge in [0.05, 0.1) is 0 Å². The van der Waals surface area contributed by atoms with Gasteiger partial charge in [-0.1, -0.05) is 22.0 Å². The van der Waals surface area contributed by atoms with E-state index in [1.807, 2.05) is 18.2 Å². The Labute approximate surface area is 133 Å². The van der Waals surface area contributed by atoms with Crippen LogP contribution in [0.25, 0.3) is 6.08 Å². The molecule has 1 aliphatic rings. The molecule has 0 bridgehead atoms. The fourth-order valence-corrected chi connectivity index (χ4v) is 2.91. The molecule has 0 radical (unpaired) electrons. The number of hydrogen-bond acceptors (Lipinski definition) is 3. The molecular formula is C16H20BrNO3. The Morgan fingerprint density at radius 2 is 2.19 bits per heavy atom. The summed E-state index contributed by atoms with van der Waals surface area (Å²) in [5.74, 6) is -0.310. The van der Waals surface area contributed by atoms with Gasteiger partial charge in [0.2, 0.25) is 0 Å². The van der Waals surface area contributed by atoms with Gasteiger partial charge in [-0.15, -0.1) is 0 Å². The van der Waals surface area contributed by atoms with Crippen molar-refractivity contribution in [1.29, 1.82) is 0 Å². The minimum absolute atomic E-state index is 0.624. The summed E-state index contributed by atoms with van der Waals surface area (Å²) in [5.41, 5.74) is 1.95. The molecule has 1 N–H and O–H groups in total. The second-order valence-corrected chi connectivity index (χ2v) is 6.23. The highest BCUT2D eigenvalue weighted by atomic mass is 79.9. The Morgan fingerprint density at radius 1 is 1.48 bits per heavy atom. The number of carboxylic acids is 1. The molecule has 1 heterocycles. The third kappa shape index (κ3) is 4.86. The normalized spacial score (nSPS) is 16.3. The maximum absolute atomic E-state index is 10.7. The first-order valence-electron chi connectivity index (χ1n) is 7.05. The molecule has 1 aromatic rings. The van der Waals surface area contributed by atoms with E-state index in [1.54, 1.807) is 6.08 Å². The van der Waals surface area contributed by atoms with Crippen molar-refractivity contribution in [3.63, 3.8) is 0 Å². The molecular weight excluding hydrogens is 334 g/mol. The molecule has 0 spiro atoms. The number of nitrogens with zero attached hydrogens (tertiary/aromatic N) is 1. The lowest BCUT2D eigenvalue weighted by Crippen LogP contribution is -2.29. The van der Waals surface area contributed by atoms with Crippen LogP contribution in [-0.4, -0.2) is 37.9 Å². The van der Waals surface area contributed by atoms with Gasteiger partial charge in [-0.3, -0.25) is 0 Å². The van der Waals surface area contributed by atoms with Crippen LogP contribution in [-0.2, 0) is 9.53 Å². The fraction of sp³-hybridized carbons (Fsp3) is 0.438. The van der Waals surface area contributed by atoms with E-state index in [-0.39, 0.29) is 0 Å². The van der Waals surface area contributed by atoms with Gasteiger partial charge in [0, 0.05) is 43.0 Å². The number of anilines is 1. The highest BCUT2D eigenvalue weighted by Crippen LogP contribution is 2.27. The fourth-order valence-electron chi connectivity index (χ4n) is 2.56. The third-order valence-electron chi connectivity index (χ3n) is 3.68. The Kier molecular flexibility index (Phi) is 5.82. The highest BCUT2D eigenvalue weighted by Gasteiger charge is 2.17. The van der Waals surface area contributed by atoms with Crippen molar-refractivity contribution in [2.75, 3.05) is 31.7 Å². The molecule has 0 saturated carbocycles. The Balaban J connectivity index is 2.15. The number of rotatable bonds is 5. The van der Waals surface area contributed by atoms with E-state index in [0.717, 1.165) is 48.3 Å². The largest absolute Gasteiger partial charge is 0.478 e. The number of halogens is 1. The van der Waals surface area contributed by atoms with Crippen molar-refractivity contribution >= 4 is 33.7 Å². The predicted octanol–water partition coefficient (Wildman–Crippen LogP) is 3.41. The van der Waals surface area contributed by atoms with Gasteiger partial charge < -0.3 is 14.7 Å². The predicted molar refractivity (Wildman–Crippen MR) is 87.6 cm³/mol. The number of hydrogen-bond donors (Lipinski definition) is 1. The molecule has 0 aliphatic carbocycles. The van der Waals surface area contributed by atoms with Crippen molar-refractivity contribution < 1.29 is 14.6 Å². The van der Waals surface area contributed by atoms with Crippen LogP contribution in [0.5, 0.6) is 0 Å². The van der Waals surface area contributed by atoms with Crippen LogP contribution in [0.3, 0.4) is 0 Å². The summed E-state index contributed by atoms with van der Waals surface area (Å²) in [6, 6.07) is 5.88. The SMILES string of the molecule is CN(CC1CCOCC1)c1cc(Br)ccc1C=CC(=O)O. The lowest BCUT2D eigenvalue weighted by molar-refractivity contribution is -0.131. The maximum atomic E-state index is 10.7. The van der Waals surface area contributed by atoms with Crippen LogP contribution >= 0.6 is 15.9 Å². The van der Waals surface area contributed by atoms with E-state index in [4.69, 9.17) is 9.84 Å².